The molecule has 0 aromatic carbocycles. The molecule has 1 unspecified atom stereocenters. The van der Waals surface area contributed by atoms with Crippen molar-refractivity contribution in [3.05, 3.63) is 29.6 Å². The van der Waals surface area contributed by atoms with E-state index in [1.54, 1.807) is 0 Å². The van der Waals surface area contributed by atoms with Gasteiger partial charge in [0, 0.05) is 31.6 Å². The molecule has 0 bridgehead atoms. The summed E-state index contributed by atoms with van der Waals surface area (Å²) >= 11 is 0. The van der Waals surface area contributed by atoms with Gasteiger partial charge < -0.3 is 4.90 Å². The quantitative estimate of drug-likeness (QED) is 0.619. The van der Waals surface area contributed by atoms with E-state index in [0.717, 1.165) is 12.3 Å². The summed E-state index contributed by atoms with van der Waals surface area (Å²) in [5.41, 5.74) is -0.657. The van der Waals surface area contributed by atoms with Crippen molar-refractivity contribution in [1.82, 2.24) is 9.88 Å². The minimum Gasteiger partial charge on any atom is -0.338 e. The van der Waals surface area contributed by atoms with Crippen LogP contribution in [-0.4, -0.2) is 36.5 Å². The average Bonchev–Trinajstić information content (AvgIpc) is 2.66. The number of halogens is 4. The second-order valence-electron chi connectivity index (χ2n) is 5.10. The van der Waals surface area contributed by atoms with Crippen LogP contribution in [0.3, 0.4) is 0 Å². The van der Waals surface area contributed by atoms with Crippen molar-refractivity contribution in [2.24, 2.45) is 5.92 Å². The third kappa shape index (κ3) is 4.39. The Kier molecular flexibility index (Phi) is 4.41. The lowest BCUT2D eigenvalue weighted by molar-refractivity contribution is -0.141. The standard InChI is InChI=1S/C12H12F4N2O3S/c13-12(14,15)10-2-1-8(4-17-10)5-18-6-9(3-11(18)19)7-22(16,20)21/h1-2,4,9H,3,5-7H2. The molecule has 1 aromatic heterocycles. The van der Waals surface area contributed by atoms with E-state index in [1.165, 1.54) is 11.0 Å². The van der Waals surface area contributed by atoms with Gasteiger partial charge in [-0.25, -0.2) is 0 Å². The van der Waals surface area contributed by atoms with Crippen LogP contribution < -0.4 is 0 Å². The van der Waals surface area contributed by atoms with Crippen LogP contribution >= 0.6 is 0 Å². The van der Waals surface area contributed by atoms with E-state index in [9.17, 15) is 30.3 Å². The van der Waals surface area contributed by atoms with Gasteiger partial charge in [0.15, 0.2) is 0 Å². The van der Waals surface area contributed by atoms with Gasteiger partial charge in [-0.2, -0.15) is 21.6 Å². The number of hydrogen-bond donors (Lipinski definition) is 0. The van der Waals surface area contributed by atoms with Gasteiger partial charge in [0.25, 0.3) is 0 Å². The summed E-state index contributed by atoms with van der Waals surface area (Å²) in [6.07, 6.45) is -3.63. The normalized spacial score (nSPS) is 19.7. The van der Waals surface area contributed by atoms with Gasteiger partial charge in [0.2, 0.25) is 5.91 Å². The SMILES string of the molecule is O=C1CC(CS(=O)(=O)F)CN1Cc1ccc(C(F)(F)F)nc1. The van der Waals surface area contributed by atoms with E-state index in [-0.39, 0.29) is 25.4 Å². The molecule has 0 aliphatic carbocycles. The van der Waals surface area contributed by atoms with Crippen LogP contribution in [0, 0.1) is 5.92 Å². The summed E-state index contributed by atoms with van der Waals surface area (Å²) in [6.45, 7) is 0.0514. The van der Waals surface area contributed by atoms with E-state index in [2.05, 4.69) is 4.98 Å². The molecule has 1 aromatic rings. The Labute approximate surface area is 124 Å². The van der Waals surface area contributed by atoms with Crippen molar-refractivity contribution in [2.45, 2.75) is 19.1 Å². The Bertz CT molecular complexity index is 658. The van der Waals surface area contributed by atoms with Crippen molar-refractivity contribution < 1.29 is 30.3 Å². The van der Waals surface area contributed by atoms with Crippen molar-refractivity contribution in [1.29, 1.82) is 0 Å². The molecule has 5 nitrogen and oxygen atoms in total. The highest BCUT2D eigenvalue weighted by molar-refractivity contribution is 7.86. The molecule has 1 aliphatic rings. The zero-order chi connectivity index (χ0) is 16.5. The molecule has 1 aliphatic heterocycles. The number of nitrogens with zero attached hydrogens (tertiary/aromatic N) is 2. The lowest BCUT2D eigenvalue weighted by Crippen LogP contribution is -2.25. The predicted octanol–water partition coefficient (Wildman–Crippen LogP) is 1.75. The minimum absolute atomic E-state index is 0.00675. The second-order valence-corrected chi connectivity index (χ2v) is 6.51. The maximum atomic E-state index is 12.6. The topological polar surface area (TPSA) is 67.3 Å². The lowest BCUT2D eigenvalue weighted by Gasteiger charge is -2.16. The van der Waals surface area contributed by atoms with Gasteiger partial charge in [0.05, 0.1) is 5.75 Å². The highest BCUT2D eigenvalue weighted by atomic mass is 32.3. The van der Waals surface area contributed by atoms with Crippen LogP contribution in [0.2, 0.25) is 0 Å². The first kappa shape index (κ1) is 16.7. The number of amides is 1. The number of likely N-dealkylation sites (tertiary alicyclic amines) is 1. The molecule has 2 heterocycles. The molecule has 2 rings (SSSR count). The number of pyridine rings is 1. The Balaban J connectivity index is 2.01. The third-order valence-electron chi connectivity index (χ3n) is 3.22. The van der Waals surface area contributed by atoms with Crippen LogP contribution in [0.15, 0.2) is 18.3 Å². The lowest BCUT2D eigenvalue weighted by atomic mass is 10.1. The molecule has 1 atom stereocenters. The monoisotopic (exact) mass is 340 g/mol. The van der Waals surface area contributed by atoms with Crippen LogP contribution in [0.5, 0.6) is 0 Å². The van der Waals surface area contributed by atoms with Gasteiger partial charge in [-0.05, 0) is 11.6 Å². The highest BCUT2D eigenvalue weighted by Crippen LogP contribution is 2.28. The molecule has 122 valence electrons. The molecule has 0 saturated carbocycles. The summed E-state index contributed by atoms with van der Waals surface area (Å²) in [5.74, 6) is -1.75. The molecule has 0 N–H and O–H groups in total. The number of alkyl halides is 3. The van der Waals surface area contributed by atoms with Crippen molar-refractivity contribution in [3.63, 3.8) is 0 Å². The van der Waals surface area contributed by atoms with Gasteiger partial charge in [-0.3, -0.25) is 9.78 Å². The van der Waals surface area contributed by atoms with Crippen LogP contribution in [-0.2, 0) is 27.7 Å². The molecule has 22 heavy (non-hydrogen) atoms. The van der Waals surface area contributed by atoms with E-state index in [4.69, 9.17) is 0 Å². The Morgan fingerprint density at radius 3 is 2.50 bits per heavy atom. The molecule has 1 fully saturated rings. The Hall–Kier alpha value is -1.71. The fourth-order valence-electron chi connectivity index (χ4n) is 2.31. The summed E-state index contributed by atoms with van der Waals surface area (Å²) in [7, 11) is -4.67. The van der Waals surface area contributed by atoms with E-state index >= 15 is 0 Å². The largest absolute Gasteiger partial charge is 0.433 e. The van der Waals surface area contributed by atoms with E-state index < -0.39 is 33.8 Å². The molecule has 10 heteroatoms. The molecule has 1 saturated heterocycles. The minimum atomic E-state index is -4.67. The summed E-state index contributed by atoms with van der Waals surface area (Å²) in [4.78, 5) is 16.3. The smallest absolute Gasteiger partial charge is 0.338 e. The number of carbonyl (C=O) groups excluding carboxylic acids is 1. The van der Waals surface area contributed by atoms with Crippen molar-refractivity contribution >= 4 is 16.1 Å². The molecule has 0 spiro atoms. The van der Waals surface area contributed by atoms with Crippen molar-refractivity contribution in [3.8, 4) is 0 Å². The maximum absolute atomic E-state index is 12.6. The van der Waals surface area contributed by atoms with Crippen LogP contribution in [0.1, 0.15) is 17.7 Å². The Morgan fingerprint density at radius 1 is 1.32 bits per heavy atom. The first-order valence-electron chi connectivity index (χ1n) is 6.27. The van der Waals surface area contributed by atoms with E-state index in [0.29, 0.717) is 5.56 Å². The number of rotatable bonds is 4. The average molecular weight is 340 g/mol. The van der Waals surface area contributed by atoms with Gasteiger partial charge in [-0.1, -0.05) is 6.07 Å². The van der Waals surface area contributed by atoms with Gasteiger partial charge >= 0.3 is 16.4 Å². The first-order valence-corrected chi connectivity index (χ1v) is 7.82. The first-order chi connectivity index (χ1) is 10.0. The molecule has 1 amide bonds. The Morgan fingerprint density at radius 2 is 2.00 bits per heavy atom. The van der Waals surface area contributed by atoms with Gasteiger partial charge in [0.1, 0.15) is 5.69 Å². The summed E-state index contributed by atoms with van der Waals surface area (Å²) < 4.78 is 70.9. The highest BCUT2D eigenvalue weighted by Gasteiger charge is 2.34. The fourth-order valence-corrected chi connectivity index (χ4v) is 3.09. The predicted molar refractivity (Wildman–Crippen MR) is 67.7 cm³/mol. The maximum Gasteiger partial charge on any atom is 0.433 e. The second kappa shape index (κ2) is 5.82. The number of hydrogen-bond acceptors (Lipinski definition) is 4. The zero-order valence-electron chi connectivity index (χ0n) is 11.2. The van der Waals surface area contributed by atoms with Crippen molar-refractivity contribution in [2.75, 3.05) is 12.3 Å². The number of aromatic nitrogens is 1. The summed E-state index contributed by atoms with van der Waals surface area (Å²) in [5, 5.41) is 0. The third-order valence-corrected chi connectivity index (χ3v) is 4.09. The van der Waals surface area contributed by atoms with Gasteiger partial charge in [-0.15, -0.1) is 3.89 Å². The van der Waals surface area contributed by atoms with E-state index in [1.807, 2.05) is 0 Å². The molecular formula is C12H12F4N2O3S. The molecule has 0 radical (unpaired) electrons. The zero-order valence-corrected chi connectivity index (χ0v) is 12.0. The molecular weight excluding hydrogens is 328 g/mol. The van der Waals surface area contributed by atoms with Crippen LogP contribution in [0.4, 0.5) is 17.1 Å². The number of carbonyl (C=O) groups is 1. The summed E-state index contributed by atoms with van der Waals surface area (Å²) in [6, 6.07) is 2.00. The fraction of sp³-hybridized carbons (Fsp3) is 0.500. The van der Waals surface area contributed by atoms with Crippen LogP contribution in [0.25, 0.3) is 0 Å².